The van der Waals surface area contributed by atoms with Gasteiger partial charge in [0, 0.05) is 0 Å². The maximum Gasteiger partial charge on any atom is 0.411 e. The second-order valence-corrected chi connectivity index (χ2v) is 3.76. The number of aromatic carboxylic acids is 1. The molecule has 0 saturated heterocycles. The fourth-order valence-corrected chi connectivity index (χ4v) is 1.59. The lowest BCUT2D eigenvalue weighted by Gasteiger charge is -2.11. The highest BCUT2D eigenvalue weighted by Gasteiger charge is 2.16. The van der Waals surface area contributed by atoms with Crippen LogP contribution in [0.2, 0.25) is 0 Å². The zero-order valence-corrected chi connectivity index (χ0v) is 10.5. The standard InChI is InChI=1S/C13H17NO4/c1-3-8-18-13(17)14-10-7-5-6-9(4-2)11(10)12(15)16/h5-7H,3-4,8H2,1-2H3,(H,14,17)(H,15,16). The summed E-state index contributed by atoms with van der Waals surface area (Å²) in [5.74, 6) is -1.06. The van der Waals surface area contributed by atoms with Gasteiger partial charge in [-0.3, -0.25) is 5.32 Å². The molecular formula is C13H17NO4. The second-order valence-electron chi connectivity index (χ2n) is 3.76. The molecule has 1 rings (SSSR count). The lowest BCUT2D eigenvalue weighted by Crippen LogP contribution is -2.17. The van der Waals surface area contributed by atoms with Crippen molar-refractivity contribution in [2.45, 2.75) is 26.7 Å². The molecule has 0 radical (unpaired) electrons. The van der Waals surface area contributed by atoms with Gasteiger partial charge in [0.25, 0.3) is 0 Å². The largest absolute Gasteiger partial charge is 0.478 e. The maximum absolute atomic E-state index is 11.4. The van der Waals surface area contributed by atoms with Crippen LogP contribution >= 0.6 is 0 Å². The van der Waals surface area contributed by atoms with Crippen LogP contribution in [0.3, 0.4) is 0 Å². The number of benzene rings is 1. The van der Waals surface area contributed by atoms with Gasteiger partial charge in [-0.25, -0.2) is 9.59 Å². The number of carbonyl (C=O) groups is 2. The van der Waals surface area contributed by atoms with Crippen molar-refractivity contribution in [3.63, 3.8) is 0 Å². The minimum absolute atomic E-state index is 0.119. The molecule has 0 aliphatic heterocycles. The van der Waals surface area contributed by atoms with Gasteiger partial charge >= 0.3 is 12.1 Å². The third kappa shape index (κ3) is 3.48. The molecule has 18 heavy (non-hydrogen) atoms. The molecule has 0 fully saturated rings. The van der Waals surface area contributed by atoms with E-state index in [1.54, 1.807) is 18.2 Å². The molecule has 1 aromatic rings. The molecule has 0 saturated carbocycles. The number of amides is 1. The Bertz CT molecular complexity index is 443. The van der Waals surface area contributed by atoms with Crippen molar-refractivity contribution in [3.8, 4) is 0 Å². The second kappa shape index (κ2) is 6.64. The molecule has 0 unspecified atom stereocenters. The first kappa shape index (κ1) is 14.0. The lowest BCUT2D eigenvalue weighted by atomic mass is 10.0. The zero-order chi connectivity index (χ0) is 13.5. The van der Waals surface area contributed by atoms with Crippen molar-refractivity contribution in [1.82, 2.24) is 0 Å². The van der Waals surface area contributed by atoms with Crippen molar-refractivity contribution >= 4 is 17.7 Å². The smallest absolute Gasteiger partial charge is 0.411 e. The summed E-state index contributed by atoms with van der Waals surface area (Å²) in [5.41, 5.74) is 1.06. The molecule has 0 spiro atoms. The average Bonchev–Trinajstić information content (AvgIpc) is 2.35. The number of ether oxygens (including phenoxy) is 1. The van der Waals surface area contributed by atoms with E-state index in [1.165, 1.54) is 0 Å². The van der Waals surface area contributed by atoms with Gasteiger partial charge in [-0.15, -0.1) is 0 Å². The van der Waals surface area contributed by atoms with Gasteiger partial charge in [-0.05, 0) is 24.5 Å². The van der Waals surface area contributed by atoms with E-state index in [0.29, 0.717) is 25.0 Å². The zero-order valence-electron chi connectivity index (χ0n) is 10.5. The van der Waals surface area contributed by atoms with Crippen LogP contribution in [0.4, 0.5) is 10.5 Å². The van der Waals surface area contributed by atoms with Gasteiger partial charge in [0.15, 0.2) is 0 Å². The molecule has 0 bridgehead atoms. The minimum atomic E-state index is -1.06. The first-order valence-corrected chi connectivity index (χ1v) is 5.89. The maximum atomic E-state index is 11.4. The van der Waals surface area contributed by atoms with E-state index in [4.69, 9.17) is 4.74 Å². The number of hydrogen-bond donors (Lipinski definition) is 2. The van der Waals surface area contributed by atoms with E-state index in [1.807, 2.05) is 13.8 Å². The molecule has 0 aliphatic rings. The molecule has 0 aromatic heterocycles. The van der Waals surface area contributed by atoms with Crippen molar-refractivity contribution in [3.05, 3.63) is 29.3 Å². The van der Waals surface area contributed by atoms with E-state index in [2.05, 4.69) is 5.32 Å². The van der Waals surface area contributed by atoms with Gasteiger partial charge < -0.3 is 9.84 Å². The summed E-state index contributed by atoms with van der Waals surface area (Å²) in [6, 6.07) is 4.99. The molecule has 5 heteroatoms. The summed E-state index contributed by atoms with van der Waals surface area (Å²) in [6.45, 7) is 4.05. The van der Waals surface area contributed by atoms with Gasteiger partial charge in [-0.2, -0.15) is 0 Å². The Hall–Kier alpha value is -2.04. The molecule has 0 heterocycles. The van der Waals surface area contributed by atoms with Crippen LogP contribution in [0.25, 0.3) is 0 Å². The highest BCUT2D eigenvalue weighted by atomic mass is 16.5. The van der Waals surface area contributed by atoms with Crippen LogP contribution in [0.15, 0.2) is 18.2 Å². The molecule has 2 N–H and O–H groups in total. The summed E-state index contributed by atoms with van der Waals surface area (Å²) >= 11 is 0. The van der Waals surface area contributed by atoms with Crippen LogP contribution in [0.1, 0.15) is 36.2 Å². The van der Waals surface area contributed by atoms with E-state index in [-0.39, 0.29) is 11.3 Å². The Morgan fingerprint density at radius 1 is 1.33 bits per heavy atom. The van der Waals surface area contributed by atoms with Gasteiger partial charge in [0.2, 0.25) is 0 Å². The number of hydrogen-bond acceptors (Lipinski definition) is 3. The predicted octanol–water partition coefficient (Wildman–Crippen LogP) is 2.91. The predicted molar refractivity (Wildman–Crippen MR) is 68.0 cm³/mol. The Balaban J connectivity index is 2.94. The summed E-state index contributed by atoms with van der Waals surface area (Å²) in [6.07, 6.45) is 0.669. The Morgan fingerprint density at radius 3 is 2.61 bits per heavy atom. The summed E-state index contributed by atoms with van der Waals surface area (Å²) < 4.78 is 4.86. The topological polar surface area (TPSA) is 75.6 Å². The average molecular weight is 251 g/mol. The summed E-state index contributed by atoms with van der Waals surface area (Å²) in [7, 11) is 0. The molecule has 0 atom stereocenters. The summed E-state index contributed by atoms with van der Waals surface area (Å²) in [4.78, 5) is 22.6. The highest BCUT2D eigenvalue weighted by molar-refractivity contribution is 6.00. The van der Waals surface area contributed by atoms with Crippen LogP contribution in [-0.2, 0) is 11.2 Å². The fraction of sp³-hybridized carbons (Fsp3) is 0.385. The van der Waals surface area contributed by atoms with E-state index in [9.17, 15) is 14.7 Å². The molecule has 5 nitrogen and oxygen atoms in total. The third-order valence-electron chi connectivity index (χ3n) is 2.42. The van der Waals surface area contributed by atoms with Crippen LogP contribution in [-0.4, -0.2) is 23.8 Å². The third-order valence-corrected chi connectivity index (χ3v) is 2.42. The van der Waals surface area contributed by atoms with Gasteiger partial charge in [0.1, 0.15) is 0 Å². The monoisotopic (exact) mass is 251 g/mol. The van der Waals surface area contributed by atoms with E-state index in [0.717, 1.165) is 0 Å². The first-order chi connectivity index (χ1) is 8.60. The molecule has 1 aromatic carbocycles. The fourth-order valence-electron chi connectivity index (χ4n) is 1.59. The van der Waals surface area contributed by atoms with Crippen molar-refractivity contribution in [2.75, 3.05) is 11.9 Å². The number of carboxylic acids is 1. The molecule has 98 valence electrons. The number of rotatable bonds is 5. The Labute approximate surface area is 106 Å². The Morgan fingerprint density at radius 2 is 2.06 bits per heavy atom. The summed E-state index contributed by atoms with van der Waals surface area (Å²) in [5, 5.41) is 11.6. The molecular weight excluding hydrogens is 234 g/mol. The van der Waals surface area contributed by atoms with Crippen LogP contribution in [0, 0.1) is 0 Å². The highest BCUT2D eigenvalue weighted by Crippen LogP contribution is 2.21. The first-order valence-electron chi connectivity index (χ1n) is 5.89. The number of carboxylic acid groups (broad SMARTS) is 1. The number of anilines is 1. The Kier molecular flexibility index (Phi) is 5.17. The molecule has 1 amide bonds. The van der Waals surface area contributed by atoms with E-state index < -0.39 is 12.1 Å². The van der Waals surface area contributed by atoms with Crippen molar-refractivity contribution < 1.29 is 19.4 Å². The number of carbonyl (C=O) groups excluding carboxylic acids is 1. The van der Waals surface area contributed by atoms with Crippen LogP contribution < -0.4 is 5.32 Å². The van der Waals surface area contributed by atoms with Gasteiger partial charge in [0.05, 0.1) is 17.9 Å². The van der Waals surface area contributed by atoms with Crippen molar-refractivity contribution in [1.29, 1.82) is 0 Å². The molecule has 0 aliphatic carbocycles. The minimum Gasteiger partial charge on any atom is -0.478 e. The number of aryl methyl sites for hydroxylation is 1. The van der Waals surface area contributed by atoms with Crippen LogP contribution in [0.5, 0.6) is 0 Å². The van der Waals surface area contributed by atoms with Crippen molar-refractivity contribution in [2.24, 2.45) is 0 Å². The SMILES string of the molecule is CCCOC(=O)Nc1cccc(CC)c1C(=O)O. The quantitative estimate of drug-likeness (QED) is 0.843. The number of nitrogens with one attached hydrogen (secondary N) is 1. The van der Waals surface area contributed by atoms with Gasteiger partial charge in [-0.1, -0.05) is 26.0 Å². The lowest BCUT2D eigenvalue weighted by molar-refractivity contribution is 0.0697. The normalized spacial score (nSPS) is 9.89. The van der Waals surface area contributed by atoms with E-state index >= 15 is 0 Å².